The molecule has 0 N–H and O–H groups in total. The molecule has 0 spiro atoms. The molecule has 1 saturated heterocycles. The quantitative estimate of drug-likeness (QED) is 0.637. The third kappa shape index (κ3) is 3.70. The summed E-state index contributed by atoms with van der Waals surface area (Å²) in [5.74, 6) is 0. The van der Waals surface area contributed by atoms with Crippen molar-refractivity contribution in [3.8, 4) is 0 Å². The smallest absolute Gasteiger partial charge is 0.299 e. The summed E-state index contributed by atoms with van der Waals surface area (Å²) in [6.07, 6.45) is 0. The summed E-state index contributed by atoms with van der Waals surface area (Å²) in [7, 11) is 3.35. The molecule has 0 saturated carbocycles. The number of methoxy groups -OCH3 is 1. The fourth-order valence-corrected chi connectivity index (χ4v) is 2.41. The molecule has 0 aromatic rings. The highest BCUT2D eigenvalue weighted by molar-refractivity contribution is 8.11. The van der Waals surface area contributed by atoms with Crippen molar-refractivity contribution >= 4 is 19.9 Å². The molecule has 0 aromatic heterocycles. The summed E-state index contributed by atoms with van der Waals surface area (Å²) in [6.45, 7) is 3.88. The van der Waals surface area contributed by atoms with Gasteiger partial charge in [0.1, 0.15) is 0 Å². The molecule has 0 bridgehead atoms. The first-order valence-corrected chi connectivity index (χ1v) is 6.71. The number of hydrogen-bond donors (Lipinski definition) is 0. The molecule has 0 unspecified atom stereocenters. The molecule has 1 rings (SSSR count). The van der Waals surface area contributed by atoms with E-state index in [2.05, 4.69) is 4.90 Å². The minimum atomic E-state index is -3.52. The number of rotatable bonds is 4. The van der Waals surface area contributed by atoms with E-state index in [9.17, 15) is 8.42 Å². The zero-order chi connectivity index (χ0) is 10.6. The summed E-state index contributed by atoms with van der Waals surface area (Å²) in [4.78, 5) is 2.15. The predicted octanol–water partition coefficient (Wildman–Crippen LogP) is -0.266. The molecule has 0 radical (unpaired) electrons. The summed E-state index contributed by atoms with van der Waals surface area (Å²) in [5.41, 5.74) is 0. The van der Waals surface area contributed by atoms with E-state index >= 15 is 0 Å². The van der Waals surface area contributed by atoms with Gasteiger partial charge in [-0.15, -0.1) is 0 Å². The van der Waals surface area contributed by atoms with Gasteiger partial charge >= 0.3 is 0 Å². The molecule has 84 valence electrons. The Balaban J connectivity index is 2.31. The van der Waals surface area contributed by atoms with E-state index in [0.717, 1.165) is 19.6 Å². The van der Waals surface area contributed by atoms with Crippen LogP contribution in [0, 0.1) is 0 Å². The molecule has 0 aliphatic carbocycles. The molecule has 1 aliphatic rings. The first-order valence-electron chi connectivity index (χ1n) is 4.45. The summed E-state index contributed by atoms with van der Waals surface area (Å²) in [6, 6.07) is 0. The Morgan fingerprint density at radius 2 is 1.86 bits per heavy atom. The molecule has 1 heterocycles. The molecular formula is C7H15ClN2O3S. The highest BCUT2D eigenvalue weighted by Crippen LogP contribution is 2.10. The lowest BCUT2D eigenvalue weighted by Crippen LogP contribution is -2.48. The average Bonchev–Trinajstić information content (AvgIpc) is 2.14. The SMILES string of the molecule is COCCN1CCN(S(=O)(=O)Cl)CC1. The van der Waals surface area contributed by atoms with Gasteiger partial charge < -0.3 is 4.74 Å². The highest BCUT2D eigenvalue weighted by atomic mass is 35.7. The van der Waals surface area contributed by atoms with Gasteiger partial charge in [0, 0.05) is 50.5 Å². The van der Waals surface area contributed by atoms with Crippen LogP contribution >= 0.6 is 10.7 Å². The van der Waals surface area contributed by atoms with Gasteiger partial charge in [-0.3, -0.25) is 4.90 Å². The number of nitrogens with zero attached hydrogens (tertiary/aromatic N) is 2. The molecule has 5 nitrogen and oxygen atoms in total. The van der Waals surface area contributed by atoms with Crippen LogP contribution < -0.4 is 0 Å². The van der Waals surface area contributed by atoms with Gasteiger partial charge in [0.05, 0.1) is 6.61 Å². The number of ether oxygens (including phenoxy) is 1. The standard InChI is InChI=1S/C7H15ClN2O3S/c1-13-7-6-9-2-4-10(5-3-9)14(8,11)12/h2-7H2,1H3. The van der Waals surface area contributed by atoms with Crippen molar-refractivity contribution in [1.82, 2.24) is 9.21 Å². The van der Waals surface area contributed by atoms with Gasteiger partial charge in [-0.2, -0.15) is 12.7 Å². The zero-order valence-electron chi connectivity index (χ0n) is 8.15. The Bertz CT molecular complexity index is 262. The van der Waals surface area contributed by atoms with E-state index in [4.69, 9.17) is 15.4 Å². The fraction of sp³-hybridized carbons (Fsp3) is 1.00. The molecular weight excluding hydrogens is 228 g/mol. The van der Waals surface area contributed by atoms with Gasteiger partial charge in [0.2, 0.25) is 0 Å². The third-order valence-corrected chi connectivity index (χ3v) is 3.82. The predicted molar refractivity (Wildman–Crippen MR) is 54.7 cm³/mol. The van der Waals surface area contributed by atoms with Crippen molar-refractivity contribution in [3.63, 3.8) is 0 Å². The van der Waals surface area contributed by atoms with Crippen molar-refractivity contribution in [3.05, 3.63) is 0 Å². The lowest BCUT2D eigenvalue weighted by atomic mass is 10.4. The van der Waals surface area contributed by atoms with E-state index in [1.165, 1.54) is 4.31 Å². The maximum atomic E-state index is 11.0. The lowest BCUT2D eigenvalue weighted by molar-refractivity contribution is 0.123. The van der Waals surface area contributed by atoms with Crippen molar-refractivity contribution in [2.75, 3.05) is 46.4 Å². The molecule has 0 aromatic carbocycles. The minimum absolute atomic E-state index is 0.468. The first-order chi connectivity index (χ1) is 6.54. The Morgan fingerprint density at radius 1 is 1.29 bits per heavy atom. The van der Waals surface area contributed by atoms with Crippen LogP contribution in [0.1, 0.15) is 0 Å². The molecule has 0 atom stereocenters. The second kappa shape index (κ2) is 5.27. The number of piperazine rings is 1. The Morgan fingerprint density at radius 3 is 2.29 bits per heavy atom. The second-order valence-corrected chi connectivity index (χ2v) is 5.69. The van der Waals surface area contributed by atoms with Gasteiger partial charge in [-0.1, -0.05) is 0 Å². The van der Waals surface area contributed by atoms with Crippen LogP contribution in [0.2, 0.25) is 0 Å². The Labute approximate surface area is 89.1 Å². The number of halogens is 1. The average molecular weight is 243 g/mol. The summed E-state index contributed by atoms with van der Waals surface area (Å²) >= 11 is 0. The Kier molecular flexibility index (Phi) is 4.59. The normalized spacial score (nSPS) is 21.3. The molecule has 1 fully saturated rings. The van der Waals surface area contributed by atoms with Crippen LogP contribution in [0.15, 0.2) is 0 Å². The second-order valence-electron chi connectivity index (χ2n) is 3.18. The van der Waals surface area contributed by atoms with Gasteiger partial charge in [-0.05, 0) is 0 Å². The molecule has 7 heteroatoms. The van der Waals surface area contributed by atoms with Crippen LogP contribution in [0.3, 0.4) is 0 Å². The van der Waals surface area contributed by atoms with Crippen LogP contribution in [0.5, 0.6) is 0 Å². The maximum absolute atomic E-state index is 11.0. The van der Waals surface area contributed by atoms with Gasteiger partial charge in [-0.25, -0.2) is 0 Å². The highest BCUT2D eigenvalue weighted by Gasteiger charge is 2.24. The van der Waals surface area contributed by atoms with Crippen molar-refractivity contribution in [2.45, 2.75) is 0 Å². The minimum Gasteiger partial charge on any atom is -0.383 e. The third-order valence-electron chi connectivity index (χ3n) is 2.25. The Hall–Kier alpha value is 0.120. The topological polar surface area (TPSA) is 49.9 Å². The summed E-state index contributed by atoms with van der Waals surface area (Å²) in [5, 5.41) is 0. The number of hydrogen-bond acceptors (Lipinski definition) is 4. The molecule has 14 heavy (non-hydrogen) atoms. The molecule has 0 amide bonds. The van der Waals surface area contributed by atoms with E-state index in [1.807, 2.05) is 0 Å². The maximum Gasteiger partial charge on any atom is 0.299 e. The van der Waals surface area contributed by atoms with E-state index in [0.29, 0.717) is 19.7 Å². The van der Waals surface area contributed by atoms with Crippen LogP contribution in [0.4, 0.5) is 0 Å². The molecule has 1 aliphatic heterocycles. The van der Waals surface area contributed by atoms with Gasteiger partial charge in [0.25, 0.3) is 9.24 Å². The lowest BCUT2D eigenvalue weighted by Gasteiger charge is -2.32. The monoisotopic (exact) mass is 242 g/mol. The van der Waals surface area contributed by atoms with Crippen LogP contribution in [-0.4, -0.2) is 64.1 Å². The largest absolute Gasteiger partial charge is 0.383 e. The fourth-order valence-electron chi connectivity index (χ4n) is 1.39. The van der Waals surface area contributed by atoms with Crippen LogP contribution in [-0.2, 0) is 14.0 Å². The van der Waals surface area contributed by atoms with Crippen molar-refractivity contribution in [2.24, 2.45) is 0 Å². The van der Waals surface area contributed by atoms with Crippen molar-refractivity contribution in [1.29, 1.82) is 0 Å². The van der Waals surface area contributed by atoms with E-state index < -0.39 is 9.24 Å². The van der Waals surface area contributed by atoms with E-state index in [-0.39, 0.29) is 0 Å². The first kappa shape index (κ1) is 12.2. The van der Waals surface area contributed by atoms with Crippen molar-refractivity contribution < 1.29 is 13.2 Å². The van der Waals surface area contributed by atoms with E-state index in [1.54, 1.807) is 7.11 Å². The van der Waals surface area contributed by atoms with Crippen LogP contribution in [0.25, 0.3) is 0 Å². The zero-order valence-corrected chi connectivity index (χ0v) is 9.72. The summed E-state index contributed by atoms with van der Waals surface area (Å²) < 4.78 is 28.1. The van der Waals surface area contributed by atoms with Gasteiger partial charge in [0.15, 0.2) is 0 Å².